The molecule has 0 radical (unpaired) electrons. The molecule has 1 amide bonds. The molecule has 0 aliphatic carbocycles. The summed E-state index contributed by atoms with van der Waals surface area (Å²) in [5.74, 6) is 0.641. The first-order chi connectivity index (χ1) is 8.00. The van der Waals surface area contributed by atoms with Gasteiger partial charge in [0.15, 0.2) is 0 Å². The fourth-order valence-electron chi connectivity index (χ4n) is 2.26. The van der Waals surface area contributed by atoms with Crippen molar-refractivity contribution in [3.8, 4) is 0 Å². The van der Waals surface area contributed by atoms with Crippen LogP contribution in [0.4, 0.5) is 11.4 Å². The fourth-order valence-corrected chi connectivity index (χ4v) is 2.26. The van der Waals surface area contributed by atoms with Crippen LogP contribution in [0, 0.1) is 6.92 Å². The second-order valence-electron chi connectivity index (χ2n) is 5.06. The number of benzene rings is 1. The normalized spacial score (nSPS) is 16.0. The van der Waals surface area contributed by atoms with E-state index in [0.717, 1.165) is 29.9 Å². The second-order valence-corrected chi connectivity index (χ2v) is 5.06. The van der Waals surface area contributed by atoms with Gasteiger partial charge in [0.25, 0.3) is 0 Å². The lowest BCUT2D eigenvalue weighted by Gasteiger charge is -2.21. The number of hydrogen-bond donors (Lipinski definition) is 1. The minimum absolute atomic E-state index is 0.216. The second kappa shape index (κ2) is 4.40. The highest BCUT2D eigenvalue weighted by atomic mass is 16.2. The third kappa shape index (κ3) is 2.14. The summed E-state index contributed by atoms with van der Waals surface area (Å²) >= 11 is 0. The first kappa shape index (κ1) is 12.0. The molecule has 1 saturated heterocycles. The first-order valence-electron chi connectivity index (χ1n) is 6.21. The van der Waals surface area contributed by atoms with Gasteiger partial charge < -0.3 is 10.6 Å². The molecule has 0 bridgehead atoms. The van der Waals surface area contributed by atoms with Gasteiger partial charge in [-0.1, -0.05) is 13.8 Å². The maximum Gasteiger partial charge on any atom is 0.227 e. The van der Waals surface area contributed by atoms with Crippen molar-refractivity contribution in [1.82, 2.24) is 0 Å². The van der Waals surface area contributed by atoms with Gasteiger partial charge in [0, 0.05) is 24.3 Å². The van der Waals surface area contributed by atoms with Crippen LogP contribution in [0.25, 0.3) is 0 Å². The molecule has 1 heterocycles. The highest BCUT2D eigenvalue weighted by molar-refractivity contribution is 5.96. The van der Waals surface area contributed by atoms with Crippen LogP contribution in [0.5, 0.6) is 0 Å². The zero-order valence-electron chi connectivity index (χ0n) is 10.8. The van der Waals surface area contributed by atoms with E-state index in [0.29, 0.717) is 12.3 Å². The van der Waals surface area contributed by atoms with E-state index >= 15 is 0 Å². The smallest absolute Gasteiger partial charge is 0.227 e. The number of amides is 1. The van der Waals surface area contributed by atoms with E-state index in [1.165, 1.54) is 5.56 Å². The average Bonchev–Trinajstić information content (AvgIpc) is 2.68. The van der Waals surface area contributed by atoms with Crippen molar-refractivity contribution >= 4 is 17.3 Å². The Morgan fingerprint density at radius 2 is 2.06 bits per heavy atom. The summed E-state index contributed by atoms with van der Waals surface area (Å²) in [6.45, 7) is 7.08. The minimum Gasteiger partial charge on any atom is -0.398 e. The van der Waals surface area contributed by atoms with Crippen molar-refractivity contribution in [1.29, 1.82) is 0 Å². The predicted octanol–water partition coefficient (Wildman–Crippen LogP) is 2.83. The molecule has 2 N–H and O–H groups in total. The van der Waals surface area contributed by atoms with Crippen molar-refractivity contribution in [2.45, 2.75) is 39.5 Å². The van der Waals surface area contributed by atoms with Crippen LogP contribution >= 0.6 is 0 Å². The van der Waals surface area contributed by atoms with Gasteiger partial charge in [0.2, 0.25) is 5.91 Å². The zero-order chi connectivity index (χ0) is 12.6. The van der Waals surface area contributed by atoms with Crippen LogP contribution in [0.2, 0.25) is 0 Å². The molecule has 3 nitrogen and oxygen atoms in total. The number of carbonyl (C=O) groups is 1. The summed E-state index contributed by atoms with van der Waals surface area (Å²) in [6, 6.07) is 4.13. The maximum atomic E-state index is 11.8. The van der Waals surface area contributed by atoms with Crippen LogP contribution in [0.1, 0.15) is 43.7 Å². The van der Waals surface area contributed by atoms with E-state index in [9.17, 15) is 4.79 Å². The molecule has 3 heteroatoms. The summed E-state index contributed by atoms with van der Waals surface area (Å²) in [5, 5.41) is 0. The average molecular weight is 232 g/mol. The van der Waals surface area contributed by atoms with E-state index in [1.54, 1.807) is 0 Å². The van der Waals surface area contributed by atoms with E-state index in [-0.39, 0.29) is 5.91 Å². The van der Waals surface area contributed by atoms with E-state index in [1.807, 2.05) is 17.9 Å². The highest BCUT2D eigenvalue weighted by Gasteiger charge is 2.24. The van der Waals surface area contributed by atoms with Gasteiger partial charge in [0.05, 0.1) is 0 Å². The Bertz CT molecular complexity index is 452. The number of nitrogens with two attached hydrogens (primary N) is 1. The fraction of sp³-hybridized carbons (Fsp3) is 0.500. The Labute approximate surface area is 103 Å². The molecule has 0 atom stereocenters. The van der Waals surface area contributed by atoms with Crippen LogP contribution in [0.3, 0.4) is 0 Å². The molecule has 0 unspecified atom stereocenters. The Kier molecular flexibility index (Phi) is 3.09. The quantitative estimate of drug-likeness (QED) is 0.797. The van der Waals surface area contributed by atoms with Crippen LogP contribution in [0.15, 0.2) is 12.1 Å². The molecular weight excluding hydrogens is 212 g/mol. The summed E-state index contributed by atoms with van der Waals surface area (Å²) in [6.07, 6.45) is 1.61. The largest absolute Gasteiger partial charge is 0.398 e. The van der Waals surface area contributed by atoms with Crippen molar-refractivity contribution in [3.63, 3.8) is 0 Å². The summed E-state index contributed by atoms with van der Waals surface area (Å²) in [4.78, 5) is 13.7. The molecule has 1 aromatic carbocycles. The molecule has 1 aliphatic heterocycles. The zero-order valence-corrected chi connectivity index (χ0v) is 10.8. The minimum atomic E-state index is 0.216. The molecular formula is C14H20N2O. The molecule has 0 aromatic heterocycles. The highest BCUT2D eigenvalue weighted by Crippen LogP contribution is 2.32. The van der Waals surface area contributed by atoms with Crippen molar-refractivity contribution in [2.24, 2.45) is 0 Å². The molecule has 92 valence electrons. The van der Waals surface area contributed by atoms with Crippen LogP contribution in [-0.2, 0) is 4.79 Å². The van der Waals surface area contributed by atoms with Gasteiger partial charge in [-0.25, -0.2) is 0 Å². The SMILES string of the molecule is Cc1c(N)cc(C(C)C)cc1N1CCCC1=O. The molecule has 1 fully saturated rings. The number of nitrogen functional groups attached to an aromatic ring is 1. The van der Waals surface area contributed by atoms with E-state index < -0.39 is 0 Å². The topological polar surface area (TPSA) is 46.3 Å². The number of nitrogens with zero attached hydrogens (tertiary/aromatic N) is 1. The van der Waals surface area contributed by atoms with Gasteiger partial charge in [-0.3, -0.25) is 4.79 Å². The van der Waals surface area contributed by atoms with Gasteiger partial charge in [-0.2, -0.15) is 0 Å². The van der Waals surface area contributed by atoms with Gasteiger partial charge in [0.1, 0.15) is 0 Å². The summed E-state index contributed by atoms with van der Waals surface area (Å²) < 4.78 is 0. The van der Waals surface area contributed by atoms with Crippen molar-refractivity contribution in [2.75, 3.05) is 17.2 Å². The van der Waals surface area contributed by atoms with Crippen molar-refractivity contribution < 1.29 is 4.79 Å². The Hall–Kier alpha value is -1.51. The summed E-state index contributed by atoms with van der Waals surface area (Å²) in [5.41, 5.74) is 10.0. The molecule has 1 aliphatic rings. The molecule has 0 spiro atoms. The van der Waals surface area contributed by atoms with E-state index in [4.69, 9.17) is 5.73 Å². The van der Waals surface area contributed by atoms with Crippen molar-refractivity contribution in [3.05, 3.63) is 23.3 Å². The lowest BCUT2D eigenvalue weighted by molar-refractivity contribution is -0.117. The standard InChI is InChI=1S/C14H20N2O/c1-9(2)11-7-12(15)10(3)13(8-11)16-6-4-5-14(16)17/h7-9H,4-6,15H2,1-3H3. The number of anilines is 2. The molecule has 1 aromatic rings. The van der Waals surface area contributed by atoms with Gasteiger partial charge in [-0.15, -0.1) is 0 Å². The summed E-state index contributed by atoms with van der Waals surface area (Å²) in [7, 11) is 0. The first-order valence-corrected chi connectivity index (χ1v) is 6.21. The monoisotopic (exact) mass is 232 g/mol. The molecule has 17 heavy (non-hydrogen) atoms. The Balaban J connectivity index is 2.48. The number of carbonyl (C=O) groups excluding carboxylic acids is 1. The lowest BCUT2D eigenvalue weighted by Crippen LogP contribution is -2.25. The third-order valence-electron chi connectivity index (χ3n) is 3.47. The third-order valence-corrected chi connectivity index (χ3v) is 3.47. The van der Waals surface area contributed by atoms with Gasteiger partial charge >= 0.3 is 0 Å². The Morgan fingerprint density at radius 3 is 2.59 bits per heavy atom. The number of hydrogen-bond acceptors (Lipinski definition) is 2. The van der Waals surface area contributed by atoms with Gasteiger partial charge in [-0.05, 0) is 42.5 Å². The lowest BCUT2D eigenvalue weighted by atomic mass is 9.98. The maximum absolute atomic E-state index is 11.8. The van der Waals surface area contributed by atoms with E-state index in [2.05, 4.69) is 19.9 Å². The predicted molar refractivity (Wildman–Crippen MR) is 71.3 cm³/mol. The number of rotatable bonds is 2. The molecule has 2 rings (SSSR count). The Morgan fingerprint density at radius 1 is 1.35 bits per heavy atom. The van der Waals surface area contributed by atoms with Crippen LogP contribution in [-0.4, -0.2) is 12.5 Å². The van der Waals surface area contributed by atoms with Crippen LogP contribution < -0.4 is 10.6 Å². The molecule has 0 saturated carbocycles.